The van der Waals surface area contributed by atoms with Gasteiger partial charge in [-0.2, -0.15) is 18.3 Å². The predicted octanol–water partition coefficient (Wildman–Crippen LogP) is 5.08. The largest absolute Gasteiger partial charge is 0.478 e. The molecule has 0 spiro atoms. The highest BCUT2D eigenvalue weighted by Crippen LogP contribution is 2.31. The Morgan fingerprint density at radius 2 is 1.83 bits per heavy atom. The number of aromatic carboxylic acids is 1. The van der Waals surface area contributed by atoms with E-state index in [0.717, 1.165) is 18.3 Å². The molecule has 0 atom stereocenters. The van der Waals surface area contributed by atoms with Gasteiger partial charge in [-0.1, -0.05) is 17.7 Å². The normalized spacial score (nSPS) is 11.6. The molecule has 2 N–H and O–H groups in total. The van der Waals surface area contributed by atoms with Gasteiger partial charge in [-0.25, -0.2) is 10.2 Å². The first kappa shape index (κ1) is 21.1. The first-order valence-electron chi connectivity index (χ1n) is 8.29. The van der Waals surface area contributed by atoms with Crippen LogP contribution in [0.3, 0.4) is 0 Å². The molecule has 6 nitrogen and oxygen atoms in total. The molecule has 1 aromatic heterocycles. The highest BCUT2D eigenvalue weighted by Gasteiger charge is 2.30. The topological polar surface area (TPSA) is 91.9 Å². The lowest BCUT2D eigenvalue weighted by Gasteiger charge is -2.07. The summed E-state index contributed by atoms with van der Waals surface area (Å²) in [4.78, 5) is 23.1. The summed E-state index contributed by atoms with van der Waals surface area (Å²) in [5.74, 6) is -1.49. The molecule has 0 unspecified atom stereocenters. The van der Waals surface area contributed by atoms with Crippen LogP contribution in [0.4, 0.5) is 13.2 Å². The Balaban J connectivity index is 1.72. The first-order valence-corrected chi connectivity index (χ1v) is 8.66. The zero-order valence-corrected chi connectivity index (χ0v) is 15.7. The standard InChI is InChI=1S/C20H12ClF3N2O4/c21-16-6-4-12(19(28)29)9-15(16)17-7-5-14(30-17)10-25-26-18(27)11-2-1-3-13(8-11)20(22,23)24/h1-10H,(H,26,27)(H,28,29)/b25-10-. The van der Waals surface area contributed by atoms with Gasteiger partial charge in [0.05, 0.1) is 22.4 Å². The number of hydrogen-bond donors (Lipinski definition) is 2. The lowest BCUT2D eigenvalue weighted by Crippen LogP contribution is -2.18. The number of amides is 1. The number of carbonyl (C=O) groups excluding carboxylic acids is 1. The Morgan fingerprint density at radius 1 is 1.07 bits per heavy atom. The van der Waals surface area contributed by atoms with E-state index in [1.54, 1.807) is 0 Å². The molecule has 0 aliphatic carbocycles. The molecule has 0 fully saturated rings. The minimum Gasteiger partial charge on any atom is -0.478 e. The second kappa shape index (κ2) is 8.42. The smallest absolute Gasteiger partial charge is 0.416 e. The Hall–Kier alpha value is -3.59. The molecule has 2 aromatic carbocycles. The van der Waals surface area contributed by atoms with Crippen LogP contribution in [0, 0.1) is 0 Å². The number of halogens is 4. The molecule has 0 saturated heterocycles. The van der Waals surface area contributed by atoms with E-state index in [9.17, 15) is 22.8 Å². The maximum absolute atomic E-state index is 12.7. The van der Waals surface area contributed by atoms with E-state index in [2.05, 4.69) is 10.5 Å². The van der Waals surface area contributed by atoms with Crippen LogP contribution in [0.1, 0.15) is 32.0 Å². The summed E-state index contributed by atoms with van der Waals surface area (Å²) >= 11 is 6.08. The van der Waals surface area contributed by atoms with E-state index >= 15 is 0 Å². The summed E-state index contributed by atoms with van der Waals surface area (Å²) in [6, 6.07) is 11.1. The maximum atomic E-state index is 12.7. The third-order valence-electron chi connectivity index (χ3n) is 3.92. The molecule has 154 valence electrons. The van der Waals surface area contributed by atoms with Gasteiger partial charge in [-0.3, -0.25) is 4.79 Å². The molecule has 0 aliphatic rings. The van der Waals surface area contributed by atoms with Gasteiger partial charge < -0.3 is 9.52 Å². The molecule has 0 bridgehead atoms. The fourth-order valence-electron chi connectivity index (χ4n) is 2.47. The second-order valence-electron chi connectivity index (χ2n) is 5.98. The molecule has 0 radical (unpaired) electrons. The van der Waals surface area contributed by atoms with Gasteiger partial charge in [0.15, 0.2) is 0 Å². The molecule has 0 saturated carbocycles. The summed E-state index contributed by atoms with van der Waals surface area (Å²) in [6.45, 7) is 0. The molecule has 1 heterocycles. The Labute approximate surface area is 172 Å². The van der Waals surface area contributed by atoms with Gasteiger partial charge in [-0.05, 0) is 48.5 Å². The highest BCUT2D eigenvalue weighted by molar-refractivity contribution is 6.33. The number of carboxylic acid groups (broad SMARTS) is 1. The third kappa shape index (κ3) is 4.87. The number of hydrazone groups is 1. The number of nitrogens with one attached hydrogen (secondary N) is 1. The van der Waals surface area contributed by atoms with Gasteiger partial charge >= 0.3 is 12.1 Å². The van der Waals surface area contributed by atoms with Gasteiger partial charge in [-0.15, -0.1) is 0 Å². The molecule has 10 heteroatoms. The molecule has 3 rings (SSSR count). The molecular formula is C20H12ClF3N2O4. The second-order valence-corrected chi connectivity index (χ2v) is 6.39. The number of alkyl halides is 3. The predicted molar refractivity (Wildman–Crippen MR) is 103 cm³/mol. The van der Waals surface area contributed by atoms with Gasteiger partial charge in [0.1, 0.15) is 11.5 Å². The molecule has 30 heavy (non-hydrogen) atoms. The van der Waals surface area contributed by atoms with Crippen molar-refractivity contribution in [2.24, 2.45) is 5.10 Å². The van der Waals surface area contributed by atoms with Crippen molar-refractivity contribution < 1.29 is 32.3 Å². The van der Waals surface area contributed by atoms with Crippen molar-refractivity contribution in [1.29, 1.82) is 0 Å². The number of benzene rings is 2. The van der Waals surface area contributed by atoms with E-state index in [4.69, 9.17) is 21.1 Å². The van der Waals surface area contributed by atoms with Crippen molar-refractivity contribution in [2.45, 2.75) is 6.18 Å². The monoisotopic (exact) mass is 436 g/mol. The zero-order chi connectivity index (χ0) is 21.9. The van der Waals surface area contributed by atoms with Crippen LogP contribution in [-0.4, -0.2) is 23.2 Å². The SMILES string of the molecule is O=C(O)c1ccc(Cl)c(-c2ccc(/C=N\NC(=O)c3cccc(C(F)(F)F)c3)o2)c1. The molecular weight excluding hydrogens is 425 g/mol. The average molecular weight is 437 g/mol. The maximum Gasteiger partial charge on any atom is 0.416 e. The van der Waals surface area contributed by atoms with Crippen LogP contribution in [-0.2, 0) is 6.18 Å². The van der Waals surface area contributed by atoms with Crippen molar-refractivity contribution in [1.82, 2.24) is 5.43 Å². The number of hydrogen-bond acceptors (Lipinski definition) is 4. The van der Waals surface area contributed by atoms with Crippen LogP contribution in [0.25, 0.3) is 11.3 Å². The summed E-state index contributed by atoms with van der Waals surface area (Å²) < 4.78 is 43.7. The Bertz CT molecular complexity index is 1140. The van der Waals surface area contributed by atoms with Gasteiger partial charge in [0.25, 0.3) is 5.91 Å². The summed E-state index contributed by atoms with van der Waals surface area (Å²) in [5, 5.41) is 13.0. The fourth-order valence-corrected chi connectivity index (χ4v) is 2.68. The van der Waals surface area contributed by atoms with Crippen molar-refractivity contribution in [2.75, 3.05) is 0 Å². The summed E-state index contributed by atoms with van der Waals surface area (Å²) in [5.41, 5.74) is 1.33. The minimum absolute atomic E-state index is 0.0226. The lowest BCUT2D eigenvalue weighted by molar-refractivity contribution is -0.137. The van der Waals surface area contributed by atoms with Crippen LogP contribution in [0.5, 0.6) is 0 Å². The zero-order valence-electron chi connectivity index (χ0n) is 14.9. The first-order chi connectivity index (χ1) is 14.1. The quantitative estimate of drug-likeness (QED) is 0.431. The number of carboxylic acids is 1. The number of nitrogens with zero attached hydrogens (tertiary/aromatic N) is 1. The fraction of sp³-hybridized carbons (Fsp3) is 0.0500. The van der Waals surface area contributed by atoms with E-state index < -0.39 is 23.6 Å². The Morgan fingerprint density at radius 3 is 2.53 bits per heavy atom. The number of rotatable bonds is 5. The van der Waals surface area contributed by atoms with Crippen LogP contribution in [0.2, 0.25) is 5.02 Å². The summed E-state index contributed by atoms with van der Waals surface area (Å²) in [6.07, 6.45) is -3.42. The average Bonchev–Trinajstić information content (AvgIpc) is 3.16. The third-order valence-corrected chi connectivity index (χ3v) is 4.25. The molecule has 1 amide bonds. The van der Waals surface area contributed by atoms with Crippen LogP contribution >= 0.6 is 11.6 Å². The van der Waals surface area contributed by atoms with Gasteiger partial charge in [0.2, 0.25) is 0 Å². The summed E-state index contributed by atoms with van der Waals surface area (Å²) in [7, 11) is 0. The van der Waals surface area contributed by atoms with Gasteiger partial charge in [0, 0.05) is 11.1 Å². The van der Waals surface area contributed by atoms with Crippen LogP contribution < -0.4 is 5.43 Å². The number of furan rings is 1. The van der Waals surface area contributed by atoms with Crippen molar-refractivity contribution in [3.05, 3.63) is 82.1 Å². The minimum atomic E-state index is -4.57. The lowest BCUT2D eigenvalue weighted by atomic mass is 10.1. The van der Waals surface area contributed by atoms with E-state index in [1.807, 2.05) is 0 Å². The van der Waals surface area contributed by atoms with E-state index in [-0.39, 0.29) is 27.7 Å². The molecule has 0 aliphatic heterocycles. The Kier molecular flexibility index (Phi) is 5.93. The highest BCUT2D eigenvalue weighted by atomic mass is 35.5. The van der Waals surface area contributed by atoms with Crippen LogP contribution in [0.15, 0.2) is 64.1 Å². The molecule has 3 aromatic rings. The number of carbonyl (C=O) groups is 2. The van der Waals surface area contributed by atoms with Crippen molar-refractivity contribution in [3.8, 4) is 11.3 Å². The van der Waals surface area contributed by atoms with E-state index in [0.29, 0.717) is 11.6 Å². The van der Waals surface area contributed by atoms with E-state index in [1.165, 1.54) is 36.4 Å². The van der Waals surface area contributed by atoms with Crippen molar-refractivity contribution in [3.63, 3.8) is 0 Å². The van der Waals surface area contributed by atoms with Crippen molar-refractivity contribution >= 4 is 29.7 Å².